The number of nitrogens with zero attached hydrogens (tertiary/aromatic N) is 3. The van der Waals surface area contributed by atoms with Crippen LogP contribution in [0.2, 0.25) is 0 Å². The fourth-order valence-electron chi connectivity index (χ4n) is 3.59. The summed E-state index contributed by atoms with van der Waals surface area (Å²) in [5.41, 5.74) is 1.69. The molecule has 0 aliphatic carbocycles. The minimum Gasteiger partial charge on any atom is -0.497 e. The average molecular weight is 380 g/mol. The van der Waals surface area contributed by atoms with Crippen LogP contribution < -0.4 is 20.3 Å². The summed E-state index contributed by atoms with van der Waals surface area (Å²) in [6.45, 7) is 1.88. The van der Waals surface area contributed by atoms with Crippen LogP contribution in [-0.2, 0) is 4.79 Å². The van der Waals surface area contributed by atoms with Crippen LogP contribution in [0.25, 0.3) is 11.0 Å². The second kappa shape index (κ2) is 8.16. The van der Waals surface area contributed by atoms with E-state index in [9.17, 15) is 4.79 Å². The van der Waals surface area contributed by atoms with Crippen molar-refractivity contribution in [2.24, 2.45) is 0 Å². The topological polar surface area (TPSA) is 95.2 Å². The normalized spacial score (nSPS) is 16.8. The number of amides is 1. The van der Waals surface area contributed by atoms with Gasteiger partial charge in [0, 0.05) is 37.1 Å². The van der Waals surface area contributed by atoms with Gasteiger partial charge in [-0.3, -0.25) is 4.79 Å². The fourth-order valence-corrected chi connectivity index (χ4v) is 3.59. The molecule has 1 aliphatic rings. The van der Waals surface area contributed by atoms with Crippen molar-refractivity contribution in [1.82, 2.24) is 20.3 Å². The number of carbonyl (C=O) groups excluding carboxylic acids is 1. The number of ether oxygens (including phenoxy) is 1. The molecule has 0 bridgehead atoms. The van der Waals surface area contributed by atoms with Crippen molar-refractivity contribution in [1.29, 1.82) is 0 Å². The van der Waals surface area contributed by atoms with Crippen LogP contribution in [0.5, 0.6) is 5.75 Å². The summed E-state index contributed by atoms with van der Waals surface area (Å²) in [5, 5.41) is 7.28. The highest BCUT2D eigenvalue weighted by Gasteiger charge is 2.23. The summed E-state index contributed by atoms with van der Waals surface area (Å²) in [6.07, 6.45) is 5.41. The number of fused-ring (bicyclic) bond motifs is 1. The van der Waals surface area contributed by atoms with Crippen LogP contribution in [0.1, 0.15) is 12.8 Å². The summed E-state index contributed by atoms with van der Waals surface area (Å²) < 4.78 is 5.20. The van der Waals surface area contributed by atoms with Crippen LogP contribution >= 0.6 is 0 Å². The van der Waals surface area contributed by atoms with Gasteiger partial charge in [0.2, 0.25) is 5.91 Å². The Morgan fingerprint density at radius 2 is 2.29 bits per heavy atom. The summed E-state index contributed by atoms with van der Waals surface area (Å²) in [7, 11) is 1.62. The lowest BCUT2D eigenvalue weighted by Gasteiger charge is -2.34. The van der Waals surface area contributed by atoms with E-state index in [-0.39, 0.29) is 18.5 Å². The molecule has 3 N–H and O–H groups in total. The first kappa shape index (κ1) is 18.1. The molecule has 8 heteroatoms. The Bertz CT molecular complexity index is 957. The van der Waals surface area contributed by atoms with E-state index in [1.807, 2.05) is 36.5 Å². The van der Waals surface area contributed by atoms with E-state index in [1.54, 1.807) is 13.4 Å². The third-order valence-corrected chi connectivity index (χ3v) is 4.94. The van der Waals surface area contributed by atoms with Gasteiger partial charge in [0.1, 0.15) is 23.5 Å². The van der Waals surface area contributed by atoms with Gasteiger partial charge in [-0.2, -0.15) is 0 Å². The number of carbonyl (C=O) groups is 1. The number of aromatic amines is 1. The number of aromatic nitrogens is 3. The molecule has 1 amide bonds. The monoisotopic (exact) mass is 380 g/mol. The molecule has 146 valence electrons. The van der Waals surface area contributed by atoms with E-state index >= 15 is 0 Å². The summed E-state index contributed by atoms with van der Waals surface area (Å²) in [6, 6.07) is 9.63. The zero-order valence-electron chi connectivity index (χ0n) is 15.8. The van der Waals surface area contributed by atoms with E-state index in [4.69, 9.17) is 4.74 Å². The van der Waals surface area contributed by atoms with Gasteiger partial charge in [-0.05, 0) is 31.0 Å². The number of anilines is 2. The molecule has 2 aromatic heterocycles. The predicted octanol–water partition coefficient (Wildman–Crippen LogP) is 2.16. The van der Waals surface area contributed by atoms with E-state index < -0.39 is 0 Å². The third kappa shape index (κ3) is 4.00. The first-order valence-electron chi connectivity index (χ1n) is 9.43. The van der Waals surface area contributed by atoms with Gasteiger partial charge >= 0.3 is 0 Å². The number of hydrogen-bond donors (Lipinski definition) is 3. The van der Waals surface area contributed by atoms with Gasteiger partial charge in [0.05, 0.1) is 19.0 Å². The van der Waals surface area contributed by atoms with Gasteiger partial charge < -0.3 is 25.3 Å². The number of H-pyrrole nitrogens is 1. The standard InChI is InChI=1S/C20H24N6O2/c1-28-16-6-2-4-14(10-16)22-11-18(27)25-15-5-3-9-26(12-15)20-17-7-8-21-19(17)23-13-24-20/h2,4,6-8,10,13,15,22H,3,5,9,11-12H2,1H3,(H,25,27)(H,21,23,24)/t15-/m0/s1. The minimum atomic E-state index is -0.0239. The smallest absolute Gasteiger partial charge is 0.239 e. The van der Waals surface area contributed by atoms with Crippen LogP contribution in [0.3, 0.4) is 0 Å². The zero-order valence-corrected chi connectivity index (χ0v) is 15.8. The van der Waals surface area contributed by atoms with E-state index in [1.165, 1.54) is 0 Å². The Morgan fingerprint density at radius 1 is 1.36 bits per heavy atom. The highest BCUT2D eigenvalue weighted by molar-refractivity contribution is 5.87. The van der Waals surface area contributed by atoms with Crippen LogP contribution in [0.4, 0.5) is 11.5 Å². The SMILES string of the molecule is COc1cccc(NCC(=O)N[C@H]2CCCN(c3ncnc4[nH]ccc34)C2)c1. The van der Waals surface area contributed by atoms with Crippen molar-refractivity contribution in [3.05, 3.63) is 42.9 Å². The molecule has 0 saturated carbocycles. The minimum absolute atomic E-state index is 0.0239. The molecular formula is C20H24N6O2. The van der Waals surface area contributed by atoms with Crippen molar-refractivity contribution in [2.45, 2.75) is 18.9 Å². The van der Waals surface area contributed by atoms with Crippen molar-refractivity contribution >= 4 is 28.4 Å². The molecule has 1 fully saturated rings. The summed E-state index contributed by atoms with van der Waals surface area (Å²) in [4.78, 5) is 26.5. The highest BCUT2D eigenvalue weighted by Crippen LogP contribution is 2.25. The molecule has 1 aliphatic heterocycles. The van der Waals surface area contributed by atoms with Crippen LogP contribution in [0, 0.1) is 0 Å². The lowest BCUT2D eigenvalue weighted by molar-refractivity contribution is -0.120. The Labute approximate surface area is 163 Å². The van der Waals surface area contributed by atoms with E-state index in [2.05, 4.69) is 30.5 Å². The molecule has 1 atom stereocenters. The Balaban J connectivity index is 1.34. The molecule has 28 heavy (non-hydrogen) atoms. The Hall–Kier alpha value is -3.29. The zero-order chi connectivity index (χ0) is 19.3. The van der Waals surface area contributed by atoms with E-state index in [0.717, 1.165) is 54.2 Å². The number of rotatable bonds is 6. The number of methoxy groups -OCH3 is 1. The van der Waals surface area contributed by atoms with Gasteiger partial charge in [0.25, 0.3) is 0 Å². The van der Waals surface area contributed by atoms with Crippen LogP contribution in [-0.4, -0.2) is 53.6 Å². The fraction of sp³-hybridized carbons (Fsp3) is 0.350. The molecule has 1 aromatic carbocycles. The summed E-state index contributed by atoms with van der Waals surface area (Å²) in [5.74, 6) is 1.65. The van der Waals surface area contributed by atoms with Crippen LogP contribution in [0.15, 0.2) is 42.9 Å². The van der Waals surface area contributed by atoms with E-state index in [0.29, 0.717) is 0 Å². The molecule has 0 spiro atoms. The quantitative estimate of drug-likeness (QED) is 0.607. The van der Waals surface area contributed by atoms with Crippen molar-refractivity contribution < 1.29 is 9.53 Å². The second-order valence-corrected chi connectivity index (χ2v) is 6.88. The third-order valence-electron chi connectivity index (χ3n) is 4.94. The average Bonchev–Trinajstić information content (AvgIpc) is 3.21. The second-order valence-electron chi connectivity index (χ2n) is 6.88. The molecule has 0 unspecified atom stereocenters. The number of benzene rings is 1. The maximum absolute atomic E-state index is 12.4. The molecular weight excluding hydrogens is 356 g/mol. The van der Waals surface area contributed by atoms with Gasteiger partial charge in [-0.25, -0.2) is 9.97 Å². The maximum Gasteiger partial charge on any atom is 0.239 e. The lowest BCUT2D eigenvalue weighted by atomic mass is 10.1. The van der Waals surface area contributed by atoms with Crippen molar-refractivity contribution in [3.63, 3.8) is 0 Å². The number of nitrogens with one attached hydrogen (secondary N) is 3. The molecule has 4 rings (SSSR count). The van der Waals surface area contributed by atoms with Gasteiger partial charge in [-0.15, -0.1) is 0 Å². The molecule has 3 heterocycles. The van der Waals surface area contributed by atoms with Gasteiger partial charge in [-0.1, -0.05) is 6.07 Å². The molecule has 8 nitrogen and oxygen atoms in total. The first-order valence-corrected chi connectivity index (χ1v) is 9.43. The highest BCUT2D eigenvalue weighted by atomic mass is 16.5. The maximum atomic E-state index is 12.4. The van der Waals surface area contributed by atoms with Crippen molar-refractivity contribution in [3.8, 4) is 5.75 Å². The molecule has 3 aromatic rings. The Morgan fingerprint density at radius 3 is 3.18 bits per heavy atom. The largest absolute Gasteiger partial charge is 0.497 e. The molecule has 0 radical (unpaired) electrons. The lowest BCUT2D eigenvalue weighted by Crippen LogP contribution is -2.49. The Kier molecular flexibility index (Phi) is 5.27. The summed E-state index contributed by atoms with van der Waals surface area (Å²) >= 11 is 0. The first-order chi connectivity index (χ1) is 13.7. The number of piperidine rings is 1. The number of hydrogen-bond acceptors (Lipinski definition) is 6. The van der Waals surface area contributed by atoms with Gasteiger partial charge in [0.15, 0.2) is 0 Å². The van der Waals surface area contributed by atoms with Crippen molar-refractivity contribution in [2.75, 3.05) is 37.0 Å². The predicted molar refractivity (Wildman–Crippen MR) is 109 cm³/mol. The molecule has 1 saturated heterocycles.